The monoisotopic (exact) mass is 303 g/mol. The number of rotatable bonds is 6. The normalized spacial score (nSPS) is 10.6. The maximum absolute atomic E-state index is 12.6. The molecule has 1 aromatic heterocycles. The molecular weight excluding hydrogens is 282 g/mol. The smallest absolute Gasteiger partial charge is 0.272 e. The van der Waals surface area contributed by atoms with Gasteiger partial charge in [0.1, 0.15) is 5.69 Å². The van der Waals surface area contributed by atoms with Gasteiger partial charge in [-0.25, -0.2) is 4.98 Å². The molecule has 5 heteroatoms. The summed E-state index contributed by atoms with van der Waals surface area (Å²) in [5, 5.41) is 0.827. The van der Waals surface area contributed by atoms with Crippen LogP contribution in [0, 0.1) is 0 Å². The van der Waals surface area contributed by atoms with Crippen molar-refractivity contribution in [1.82, 2.24) is 14.5 Å². The van der Waals surface area contributed by atoms with Crippen LogP contribution in [0.15, 0.2) is 41.7 Å². The van der Waals surface area contributed by atoms with Crippen molar-refractivity contribution in [3.05, 3.63) is 42.2 Å². The van der Waals surface area contributed by atoms with Crippen LogP contribution in [0.2, 0.25) is 0 Å². The molecule has 0 spiro atoms. The Hall–Kier alpha value is -1.75. The summed E-state index contributed by atoms with van der Waals surface area (Å²) in [5.74, 6) is 0.0140. The van der Waals surface area contributed by atoms with E-state index >= 15 is 0 Å². The van der Waals surface area contributed by atoms with Crippen molar-refractivity contribution in [3.8, 4) is 5.69 Å². The molecule has 0 radical (unpaired) electrons. The molecule has 21 heavy (non-hydrogen) atoms. The molecule has 0 saturated heterocycles. The molecular formula is C16H21N3OS. The number of hydrogen-bond acceptors (Lipinski definition) is 3. The van der Waals surface area contributed by atoms with Crippen molar-refractivity contribution >= 4 is 17.7 Å². The molecule has 0 aliphatic rings. The number of carbonyl (C=O) groups is 1. The first-order chi connectivity index (χ1) is 10.2. The number of nitrogens with zero attached hydrogens (tertiary/aromatic N) is 3. The topological polar surface area (TPSA) is 38.1 Å². The van der Waals surface area contributed by atoms with Crippen molar-refractivity contribution in [2.24, 2.45) is 0 Å². The predicted molar refractivity (Wildman–Crippen MR) is 87.2 cm³/mol. The molecule has 0 saturated carbocycles. The lowest BCUT2D eigenvalue weighted by Crippen LogP contribution is -2.29. The summed E-state index contributed by atoms with van der Waals surface area (Å²) in [7, 11) is 1.85. The molecule has 1 amide bonds. The number of amides is 1. The van der Waals surface area contributed by atoms with Crippen LogP contribution in [0.4, 0.5) is 0 Å². The van der Waals surface area contributed by atoms with Gasteiger partial charge >= 0.3 is 0 Å². The second kappa shape index (κ2) is 7.31. The molecule has 2 aromatic rings. The molecule has 0 aliphatic carbocycles. The molecule has 112 valence electrons. The van der Waals surface area contributed by atoms with Gasteiger partial charge in [-0.2, -0.15) is 0 Å². The van der Waals surface area contributed by atoms with Crippen LogP contribution in [0.1, 0.15) is 30.3 Å². The van der Waals surface area contributed by atoms with Gasteiger partial charge in [-0.15, -0.1) is 0 Å². The zero-order valence-corrected chi connectivity index (χ0v) is 13.6. The lowest BCUT2D eigenvalue weighted by molar-refractivity contribution is 0.0784. The van der Waals surface area contributed by atoms with E-state index in [2.05, 4.69) is 11.9 Å². The number of carbonyl (C=O) groups excluding carboxylic acids is 1. The summed E-state index contributed by atoms with van der Waals surface area (Å²) in [4.78, 5) is 18.8. The minimum Gasteiger partial charge on any atom is -0.340 e. The van der Waals surface area contributed by atoms with Crippen molar-refractivity contribution < 1.29 is 4.79 Å². The van der Waals surface area contributed by atoms with Crippen LogP contribution in [0.25, 0.3) is 5.69 Å². The Labute approximate surface area is 130 Å². The number of thioether (sulfide) groups is 1. The average Bonchev–Trinajstić information content (AvgIpc) is 2.96. The van der Waals surface area contributed by atoms with Gasteiger partial charge in [0.15, 0.2) is 5.16 Å². The van der Waals surface area contributed by atoms with Crippen molar-refractivity contribution in [2.45, 2.75) is 24.9 Å². The summed E-state index contributed by atoms with van der Waals surface area (Å²) in [6.07, 6.45) is 5.73. The van der Waals surface area contributed by atoms with Crippen LogP contribution >= 0.6 is 11.8 Å². The number of imidazole rings is 1. The van der Waals surface area contributed by atoms with Gasteiger partial charge in [-0.05, 0) is 24.8 Å². The molecule has 0 aliphatic heterocycles. The Bertz CT molecular complexity index is 595. The quantitative estimate of drug-likeness (QED) is 0.767. The number of unbranched alkanes of at least 4 members (excludes halogenated alkanes) is 1. The maximum Gasteiger partial charge on any atom is 0.272 e. The van der Waals surface area contributed by atoms with E-state index in [0.717, 1.165) is 30.2 Å². The van der Waals surface area contributed by atoms with E-state index in [0.29, 0.717) is 5.69 Å². The van der Waals surface area contributed by atoms with Gasteiger partial charge in [0.2, 0.25) is 0 Å². The van der Waals surface area contributed by atoms with Gasteiger partial charge in [0.25, 0.3) is 5.91 Å². The molecule has 1 heterocycles. The third kappa shape index (κ3) is 3.47. The van der Waals surface area contributed by atoms with E-state index in [1.165, 1.54) is 11.8 Å². The third-order valence-electron chi connectivity index (χ3n) is 3.34. The summed E-state index contributed by atoms with van der Waals surface area (Å²) < 4.78 is 1.93. The minimum atomic E-state index is 0.0140. The summed E-state index contributed by atoms with van der Waals surface area (Å²) in [6, 6.07) is 9.88. The Balaban J connectivity index is 2.37. The van der Waals surface area contributed by atoms with E-state index in [4.69, 9.17) is 0 Å². The van der Waals surface area contributed by atoms with Crippen LogP contribution in [-0.4, -0.2) is 40.2 Å². The standard InChI is InChI=1S/C16H21N3OS/c1-4-5-11-18(2)15(20)14-12-17-16(21-3)19(14)13-9-7-6-8-10-13/h6-10,12H,4-5,11H2,1-3H3. The molecule has 0 bridgehead atoms. The fraction of sp³-hybridized carbons (Fsp3) is 0.375. The van der Waals surface area contributed by atoms with Gasteiger partial charge < -0.3 is 4.90 Å². The van der Waals surface area contributed by atoms with Crippen LogP contribution in [0.5, 0.6) is 0 Å². The first-order valence-corrected chi connectivity index (χ1v) is 8.34. The zero-order chi connectivity index (χ0) is 15.2. The van der Waals surface area contributed by atoms with E-state index in [-0.39, 0.29) is 5.91 Å². The maximum atomic E-state index is 12.6. The Morgan fingerprint density at radius 3 is 2.67 bits per heavy atom. The summed E-state index contributed by atoms with van der Waals surface area (Å²) >= 11 is 1.54. The van der Waals surface area contributed by atoms with Crippen LogP contribution in [-0.2, 0) is 0 Å². The highest BCUT2D eigenvalue weighted by atomic mass is 32.2. The molecule has 0 atom stereocenters. The number of para-hydroxylation sites is 1. The minimum absolute atomic E-state index is 0.0140. The van der Waals surface area contributed by atoms with Crippen LogP contribution < -0.4 is 0 Å². The van der Waals surface area contributed by atoms with Gasteiger partial charge in [-0.3, -0.25) is 9.36 Å². The SMILES string of the molecule is CCCCN(C)C(=O)c1cnc(SC)n1-c1ccccc1. The van der Waals surface area contributed by atoms with Gasteiger partial charge in [0, 0.05) is 19.3 Å². The molecule has 0 unspecified atom stereocenters. The molecule has 2 rings (SSSR count). The highest BCUT2D eigenvalue weighted by Crippen LogP contribution is 2.22. The lowest BCUT2D eigenvalue weighted by Gasteiger charge is -2.18. The lowest BCUT2D eigenvalue weighted by atomic mass is 10.3. The largest absolute Gasteiger partial charge is 0.340 e. The number of benzene rings is 1. The van der Waals surface area contributed by atoms with Gasteiger partial charge in [-0.1, -0.05) is 43.3 Å². The summed E-state index contributed by atoms with van der Waals surface area (Å²) in [5.41, 5.74) is 1.58. The summed E-state index contributed by atoms with van der Waals surface area (Å²) in [6.45, 7) is 2.89. The number of aromatic nitrogens is 2. The fourth-order valence-electron chi connectivity index (χ4n) is 2.15. The van der Waals surface area contributed by atoms with Crippen LogP contribution in [0.3, 0.4) is 0 Å². The zero-order valence-electron chi connectivity index (χ0n) is 12.7. The first kappa shape index (κ1) is 15.6. The Morgan fingerprint density at radius 2 is 2.05 bits per heavy atom. The fourth-order valence-corrected chi connectivity index (χ4v) is 2.69. The first-order valence-electron chi connectivity index (χ1n) is 7.11. The average molecular weight is 303 g/mol. The van der Waals surface area contributed by atoms with Crippen molar-refractivity contribution in [1.29, 1.82) is 0 Å². The highest BCUT2D eigenvalue weighted by molar-refractivity contribution is 7.98. The Kier molecular flexibility index (Phi) is 5.44. The van der Waals surface area contributed by atoms with E-state index in [1.807, 2.05) is 48.2 Å². The van der Waals surface area contributed by atoms with E-state index in [9.17, 15) is 4.79 Å². The third-order valence-corrected chi connectivity index (χ3v) is 3.99. The number of hydrogen-bond donors (Lipinski definition) is 0. The van der Waals surface area contributed by atoms with E-state index < -0.39 is 0 Å². The second-order valence-corrected chi connectivity index (χ2v) is 5.65. The van der Waals surface area contributed by atoms with Crippen molar-refractivity contribution in [2.75, 3.05) is 19.8 Å². The van der Waals surface area contributed by atoms with Crippen molar-refractivity contribution in [3.63, 3.8) is 0 Å². The molecule has 0 N–H and O–H groups in total. The predicted octanol–water partition coefficient (Wildman–Crippen LogP) is 3.47. The molecule has 1 aromatic carbocycles. The highest BCUT2D eigenvalue weighted by Gasteiger charge is 2.20. The second-order valence-electron chi connectivity index (χ2n) is 4.88. The Morgan fingerprint density at radius 1 is 1.33 bits per heavy atom. The van der Waals surface area contributed by atoms with Gasteiger partial charge in [0.05, 0.1) is 6.20 Å². The molecule has 4 nitrogen and oxygen atoms in total. The molecule has 0 fully saturated rings. The van der Waals surface area contributed by atoms with E-state index in [1.54, 1.807) is 11.1 Å².